The number of nitrogens with one attached hydrogen (secondary N) is 1. The summed E-state index contributed by atoms with van der Waals surface area (Å²) in [6.07, 6.45) is 0. The topological polar surface area (TPSA) is 66.4 Å². The van der Waals surface area contributed by atoms with E-state index in [1.807, 2.05) is 0 Å². The molecular weight excluding hydrogens is 262 g/mol. The minimum absolute atomic E-state index is 0.129. The Hall–Kier alpha value is -1.36. The average Bonchev–Trinajstić information content (AvgIpc) is 2.08. The summed E-state index contributed by atoms with van der Waals surface area (Å²) >= 11 is 3.15. The molecule has 1 rings (SSSR count). The van der Waals surface area contributed by atoms with Crippen LogP contribution in [0.1, 0.15) is 22.8 Å². The summed E-state index contributed by atoms with van der Waals surface area (Å²) in [6.45, 7) is 3.17. The summed E-state index contributed by atoms with van der Waals surface area (Å²) < 4.78 is 0.501. The largest absolute Gasteiger partial charge is 0.478 e. The molecule has 0 aliphatic rings. The third-order valence-electron chi connectivity index (χ3n) is 1.86. The Kier molecular flexibility index (Phi) is 3.47. The number of carboxylic acid groups (broad SMARTS) is 1. The lowest BCUT2D eigenvalue weighted by molar-refractivity contribution is -0.114. The average molecular weight is 272 g/mol. The van der Waals surface area contributed by atoms with Gasteiger partial charge in [-0.1, -0.05) is 0 Å². The van der Waals surface area contributed by atoms with Crippen molar-refractivity contribution in [3.63, 3.8) is 0 Å². The highest BCUT2D eigenvalue weighted by atomic mass is 79.9. The smallest absolute Gasteiger partial charge is 0.336 e. The van der Waals surface area contributed by atoms with Crippen molar-refractivity contribution in [2.24, 2.45) is 0 Å². The minimum atomic E-state index is -1.03. The Morgan fingerprint density at radius 3 is 2.47 bits per heavy atom. The number of carbonyl (C=O) groups excluding carboxylic acids is 1. The van der Waals surface area contributed by atoms with Crippen LogP contribution in [0.2, 0.25) is 0 Å². The van der Waals surface area contributed by atoms with Gasteiger partial charge in [-0.2, -0.15) is 0 Å². The fourth-order valence-electron chi connectivity index (χ4n) is 1.16. The van der Waals surface area contributed by atoms with Gasteiger partial charge in [0.15, 0.2) is 0 Å². The lowest BCUT2D eigenvalue weighted by atomic mass is 10.1. The summed E-state index contributed by atoms with van der Waals surface area (Å²) in [5.41, 5.74) is 1.45. The molecule has 15 heavy (non-hydrogen) atoms. The molecule has 0 fully saturated rings. The molecule has 1 aromatic carbocycles. The predicted molar refractivity (Wildman–Crippen MR) is 60.1 cm³/mol. The van der Waals surface area contributed by atoms with Gasteiger partial charge in [0.05, 0.1) is 5.56 Å². The zero-order valence-electron chi connectivity index (χ0n) is 8.30. The lowest BCUT2D eigenvalue weighted by Gasteiger charge is -2.09. The van der Waals surface area contributed by atoms with Crippen molar-refractivity contribution in [2.75, 3.05) is 5.32 Å². The number of anilines is 1. The van der Waals surface area contributed by atoms with Crippen LogP contribution in [0, 0.1) is 6.92 Å². The van der Waals surface area contributed by atoms with Gasteiger partial charge in [-0.25, -0.2) is 4.79 Å². The molecule has 1 amide bonds. The second-order valence-corrected chi connectivity index (χ2v) is 3.99. The highest BCUT2D eigenvalue weighted by Gasteiger charge is 2.11. The monoisotopic (exact) mass is 271 g/mol. The van der Waals surface area contributed by atoms with Crippen molar-refractivity contribution in [3.8, 4) is 0 Å². The maximum Gasteiger partial charge on any atom is 0.336 e. The summed E-state index contributed by atoms with van der Waals surface area (Å²) in [7, 11) is 0. The maximum atomic E-state index is 10.9. The van der Waals surface area contributed by atoms with Gasteiger partial charge in [-0.15, -0.1) is 0 Å². The van der Waals surface area contributed by atoms with Gasteiger partial charge in [-0.3, -0.25) is 4.79 Å². The van der Waals surface area contributed by atoms with Crippen molar-refractivity contribution in [1.82, 2.24) is 0 Å². The second kappa shape index (κ2) is 4.44. The van der Waals surface area contributed by atoms with Crippen LogP contribution >= 0.6 is 15.9 Å². The van der Waals surface area contributed by atoms with Crippen LogP contribution < -0.4 is 5.32 Å². The van der Waals surface area contributed by atoms with Gasteiger partial charge in [0, 0.05) is 17.1 Å². The number of carbonyl (C=O) groups is 2. The number of hydrogen-bond acceptors (Lipinski definition) is 2. The third kappa shape index (κ3) is 2.79. The minimum Gasteiger partial charge on any atom is -0.478 e. The SMILES string of the molecule is CC(=O)Nc1cc(C(=O)O)c(Br)cc1C. The number of halogens is 1. The number of amides is 1. The van der Waals surface area contributed by atoms with Crippen LogP contribution in [0.15, 0.2) is 16.6 Å². The summed E-state index contributed by atoms with van der Waals surface area (Å²) in [5.74, 6) is -1.26. The van der Waals surface area contributed by atoms with Gasteiger partial charge in [0.2, 0.25) is 5.91 Å². The van der Waals surface area contributed by atoms with Crippen molar-refractivity contribution < 1.29 is 14.7 Å². The fraction of sp³-hybridized carbons (Fsp3) is 0.200. The first kappa shape index (κ1) is 11.7. The number of hydrogen-bond donors (Lipinski definition) is 2. The van der Waals surface area contributed by atoms with Gasteiger partial charge in [0.25, 0.3) is 0 Å². The fourth-order valence-corrected chi connectivity index (χ4v) is 1.79. The van der Waals surface area contributed by atoms with Crippen LogP contribution in [0.3, 0.4) is 0 Å². The van der Waals surface area contributed by atoms with Crippen molar-refractivity contribution in [1.29, 1.82) is 0 Å². The van der Waals surface area contributed by atoms with E-state index in [9.17, 15) is 9.59 Å². The molecule has 0 unspecified atom stereocenters. The molecule has 0 radical (unpaired) electrons. The van der Waals surface area contributed by atoms with E-state index in [-0.39, 0.29) is 11.5 Å². The first-order valence-electron chi connectivity index (χ1n) is 4.23. The molecule has 0 aliphatic heterocycles. The summed E-state index contributed by atoms with van der Waals surface area (Å²) in [5, 5.41) is 11.4. The zero-order valence-corrected chi connectivity index (χ0v) is 9.88. The van der Waals surface area contributed by atoms with E-state index in [4.69, 9.17) is 5.11 Å². The van der Waals surface area contributed by atoms with E-state index < -0.39 is 5.97 Å². The Bertz CT molecular complexity index is 429. The van der Waals surface area contributed by atoms with Crippen molar-refractivity contribution in [3.05, 3.63) is 27.7 Å². The van der Waals surface area contributed by atoms with Gasteiger partial charge < -0.3 is 10.4 Å². The maximum absolute atomic E-state index is 10.9. The molecule has 0 atom stereocenters. The van der Waals surface area contributed by atoms with Crippen molar-refractivity contribution in [2.45, 2.75) is 13.8 Å². The highest BCUT2D eigenvalue weighted by Crippen LogP contribution is 2.25. The zero-order chi connectivity index (χ0) is 11.6. The normalized spacial score (nSPS) is 9.80. The van der Waals surface area contributed by atoms with Gasteiger partial charge in [-0.05, 0) is 40.5 Å². The summed E-state index contributed by atoms with van der Waals surface area (Å²) in [4.78, 5) is 21.7. The van der Waals surface area contributed by atoms with E-state index in [1.165, 1.54) is 13.0 Å². The van der Waals surface area contributed by atoms with E-state index in [1.54, 1.807) is 13.0 Å². The molecule has 2 N–H and O–H groups in total. The molecule has 0 saturated carbocycles. The Morgan fingerprint density at radius 2 is 2.00 bits per heavy atom. The second-order valence-electron chi connectivity index (χ2n) is 3.13. The predicted octanol–water partition coefficient (Wildman–Crippen LogP) is 2.41. The third-order valence-corrected chi connectivity index (χ3v) is 2.51. The van der Waals surface area contributed by atoms with Crippen LogP contribution in [-0.4, -0.2) is 17.0 Å². The van der Waals surface area contributed by atoms with E-state index >= 15 is 0 Å². The molecule has 1 aromatic rings. The molecule has 0 aliphatic carbocycles. The first-order chi connectivity index (χ1) is 6.91. The molecule has 0 bridgehead atoms. The molecule has 4 nitrogen and oxygen atoms in total. The van der Waals surface area contributed by atoms with Gasteiger partial charge in [0.1, 0.15) is 0 Å². The van der Waals surface area contributed by atoms with Crippen LogP contribution in [-0.2, 0) is 4.79 Å². The molecule has 0 aromatic heterocycles. The van der Waals surface area contributed by atoms with Crippen LogP contribution in [0.25, 0.3) is 0 Å². The number of benzene rings is 1. The Morgan fingerprint density at radius 1 is 1.40 bits per heavy atom. The number of rotatable bonds is 2. The molecule has 80 valence electrons. The Balaban J connectivity index is 3.23. The Labute approximate surface area is 95.4 Å². The summed E-state index contributed by atoms with van der Waals surface area (Å²) in [6, 6.07) is 3.10. The van der Waals surface area contributed by atoms with Crippen LogP contribution in [0.4, 0.5) is 5.69 Å². The van der Waals surface area contributed by atoms with E-state index in [2.05, 4.69) is 21.2 Å². The molecule has 0 saturated heterocycles. The standard InChI is InChI=1S/C10H10BrNO3/c1-5-3-8(11)7(10(14)15)4-9(5)12-6(2)13/h3-4H,1-2H3,(H,12,13)(H,14,15). The highest BCUT2D eigenvalue weighted by molar-refractivity contribution is 9.10. The number of aromatic carboxylic acids is 1. The van der Waals surface area contributed by atoms with E-state index in [0.29, 0.717) is 10.2 Å². The lowest BCUT2D eigenvalue weighted by Crippen LogP contribution is -2.09. The number of carboxylic acids is 1. The van der Waals surface area contributed by atoms with Crippen LogP contribution in [0.5, 0.6) is 0 Å². The number of aryl methyl sites for hydroxylation is 1. The first-order valence-corrected chi connectivity index (χ1v) is 5.02. The molecular formula is C10H10BrNO3. The molecule has 5 heteroatoms. The molecule has 0 spiro atoms. The molecule has 0 heterocycles. The van der Waals surface area contributed by atoms with E-state index in [0.717, 1.165) is 5.56 Å². The van der Waals surface area contributed by atoms with Gasteiger partial charge >= 0.3 is 5.97 Å². The van der Waals surface area contributed by atoms with Crippen molar-refractivity contribution >= 4 is 33.5 Å². The quantitative estimate of drug-likeness (QED) is 0.868.